The molecule has 0 aliphatic heterocycles. The van der Waals surface area contributed by atoms with Gasteiger partial charge in [-0.2, -0.15) is 0 Å². The van der Waals surface area contributed by atoms with E-state index in [-0.39, 0.29) is 18.3 Å². The molecule has 0 bridgehead atoms. The van der Waals surface area contributed by atoms with E-state index in [1.54, 1.807) is 31.2 Å². The molecule has 6 heteroatoms. The van der Waals surface area contributed by atoms with Crippen molar-refractivity contribution in [1.29, 1.82) is 0 Å². The normalized spacial score (nSPS) is 9.79. The summed E-state index contributed by atoms with van der Waals surface area (Å²) in [7, 11) is 3.37. The zero-order valence-electron chi connectivity index (χ0n) is 14.1. The lowest BCUT2D eigenvalue weighted by molar-refractivity contribution is 0.0773. The molecule has 0 fully saturated rings. The highest BCUT2D eigenvalue weighted by Gasteiger charge is 2.14. The molecule has 0 spiro atoms. The first-order valence-corrected chi connectivity index (χ1v) is 7.39. The summed E-state index contributed by atoms with van der Waals surface area (Å²) in [5, 5.41) is 0. The number of likely N-dealkylation sites (N-methyl/N-ethyl adjacent to an activating group) is 1. The summed E-state index contributed by atoms with van der Waals surface area (Å²) in [5.41, 5.74) is 7.88. The number of amides is 1. The highest BCUT2D eigenvalue weighted by Crippen LogP contribution is 2.17. The molecule has 2 aromatic carbocycles. The zero-order valence-corrected chi connectivity index (χ0v) is 14.9. The van der Waals surface area contributed by atoms with Gasteiger partial charge in [-0.3, -0.25) is 4.79 Å². The van der Waals surface area contributed by atoms with Gasteiger partial charge in [-0.15, -0.1) is 12.4 Å². The van der Waals surface area contributed by atoms with Crippen molar-refractivity contribution in [3.8, 4) is 11.5 Å². The van der Waals surface area contributed by atoms with Crippen LogP contribution in [0.3, 0.4) is 0 Å². The number of hydrogen-bond acceptors (Lipinski definition) is 4. The molecule has 0 aromatic heterocycles. The molecule has 0 saturated heterocycles. The number of nitrogen functional groups attached to an aromatic ring is 1. The largest absolute Gasteiger partial charge is 0.497 e. The van der Waals surface area contributed by atoms with Gasteiger partial charge in [0.25, 0.3) is 5.91 Å². The molecule has 2 N–H and O–H groups in total. The van der Waals surface area contributed by atoms with Gasteiger partial charge in [-0.25, -0.2) is 0 Å². The van der Waals surface area contributed by atoms with E-state index in [4.69, 9.17) is 15.2 Å². The summed E-state index contributed by atoms with van der Waals surface area (Å²) in [5.74, 6) is 1.46. The Morgan fingerprint density at radius 2 is 1.75 bits per heavy atom. The Hall–Kier alpha value is -2.40. The number of rotatable bonds is 6. The van der Waals surface area contributed by atoms with Crippen LogP contribution in [-0.4, -0.2) is 38.1 Å². The van der Waals surface area contributed by atoms with Crippen molar-refractivity contribution in [2.45, 2.75) is 6.92 Å². The first-order valence-electron chi connectivity index (χ1n) is 7.39. The third-order valence-electron chi connectivity index (χ3n) is 3.59. The number of nitrogens with two attached hydrogens (primary N) is 1. The molecule has 0 atom stereocenters. The second kappa shape index (κ2) is 9.03. The molecule has 0 saturated carbocycles. The topological polar surface area (TPSA) is 64.8 Å². The number of benzene rings is 2. The Labute approximate surface area is 148 Å². The summed E-state index contributed by atoms with van der Waals surface area (Å²) >= 11 is 0. The molecule has 0 radical (unpaired) electrons. The Bertz CT molecular complexity index is 674. The number of ether oxygens (including phenoxy) is 2. The van der Waals surface area contributed by atoms with Crippen molar-refractivity contribution in [2.75, 3.05) is 33.0 Å². The second-order valence-electron chi connectivity index (χ2n) is 5.33. The Morgan fingerprint density at radius 1 is 1.12 bits per heavy atom. The van der Waals surface area contributed by atoms with Gasteiger partial charge >= 0.3 is 0 Å². The van der Waals surface area contributed by atoms with Gasteiger partial charge in [0.05, 0.1) is 13.7 Å². The predicted octanol–water partition coefficient (Wildman–Crippen LogP) is 3.16. The number of methoxy groups -OCH3 is 1. The molecule has 0 unspecified atom stereocenters. The van der Waals surface area contributed by atoms with Crippen molar-refractivity contribution in [3.63, 3.8) is 0 Å². The molecule has 1 amide bonds. The van der Waals surface area contributed by atoms with Crippen molar-refractivity contribution in [3.05, 3.63) is 53.6 Å². The molecular weight excluding hydrogens is 328 g/mol. The number of anilines is 1. The van der Waals surface area contributed by atoms with E-state index < -0.39 is 0 Å². The molecule has 0 aliphatic rings. The maximum Gasteiger partial charge on any atom is 0.254 e. The van der Waals surface area contributed by atoms with E-state index in [2.05, 4.69) is 0 Å². The molecule has 130 valence electrons. The lowest BCUT2D eigenvalue weighted by Crippen LogP contribution is -2.31. The van der Waals surface area contributed by atoms with E-state index >= 15 is 0 Å². The van der Waals surface area contributed by atoms with Gasteiger partial charge in [0.1, 0.15) is 18.1 Å². The van der Waals surface area contributed by atoms with E-state index in [1.165, 1.54) is 0 Å². The fourth-order valence-corrected chi connectivity index (χ4v) is 2.15. The number of carbonyl (C=O) groups is 1. The van der Waals surface area contributed by atoms with Crippen LogP contribution < -0.4 is 15.2 Å². The van der Waals surface area contributed by atoms with Gasteiger partial charge < -0.3 is 20.1 Å². The van der Waals surface area contributed by atoms with Crippen LogP contribution in [0.15, 0.2) is 42.5 Å². The van der Waals surface area contributed by atoms with Crippen LogP contribution in [0, 0.1) is 6.92 Å². The Balaban J connectivity index is 0.00000288. The number of halogens is 1. The fourth-order valence-electron chi connectivity index (χ4n) is 2.15. The van der Waals surface area contributed by atoms with Crippen LogP contribution in [0.1, 0.15) is 15.9 Å². The van der Waals surface area contributed by atoms with Crippen molar-refractivity contribution >= 4 is 24.0 Å². The number of nitrogens with zero attached hydrogens (tertiary/aromatic N) is 1. The van der Waals surface area contributed by atoms with Crippen LogP contribution in [-0.2, 0) is 0 Å². The average Bonchev–Trinajstić information content (AvgIpc) is 2.57. The summed E-state index contributed by atoms with van der Waals surface area (Å²) in [6.45, 7) is 2.80. The minimum Gasteiger partial charge on any atom is -0.497 e. The lowest BCUT2D eigenvalue weighted by atomic mass is 10.1. The maximum absolute atomic E-state index is 12.4. The highest BCUT2D eigenvalue weighted by atomic mass is 35.5. The molecule has 2 rings (SSSR count). The first-order chi connectivity index (χ1) is 11.0. The second-order valence-corrected chi connectivity index (χ2v) is 5.33. The van der Waals surface area contributed by atoms with E-state index in [9.17, 15) is 4.79 Å². The predicted molar refractivity (Wildman–Crippen MR) is 98.3 cm³/mol. The van der Waals surface area contributed by atoms with Gasteiger partial charge in [-0.05, 0) is 48.9 Å². The van der Waals surface area contributed by atoms with Gasteiger partial charge in [0, 0.05) is 18.3 Å². The highest BCUT2D eigenvalue weighted by molar-refractivity contribution is 5.96. The summed E-state index contributed by atoms with van der Waals surface area (Å²) < 4.78 is 10.7. The minimum absolute atomic E-state index is 0. The van der Waals surface area contributed by atoms with Crippen LogP contribution in [0.2, 0.25) is 0 Å². The van der Waals surface area contributed by atoms with Crippen LogP contribution in [0.4, 0.5) is 5.69 Å². The SMILES string of the molecule is COc1ccc(OCCN(C)C(=O)c2cc(N)ccc2C)cc1.Cl. The minimum atomic E-state index is -0.0619. The van der Waals surface area contributed by atoms with Crippen LogP contribution in [0.5, 0.6) is 11.5 Å². The third-order valence-corrected chi connectivity index (χ3v) is 3.59. The molecule has 2 aromatic rings. The standard InChI is InChI=1S/C18H22N2O3.ClH/c1-13-4-5-14(19)12-17(13)18(21)20(2)10-11-23-16-8-6-15(22-3)7-9-16;/h4-9,12H,10-11,19H2,1-3H3;1H. The van der Waals surface area contributed by atoms with E-state index in [0.29, 0.717) is 24.4 Å². The number of aryl methyl sites for hydroxylation is 1. The lowest BCUT2D eigenvalue weighted by Gasteiger charge is -2.19. The Morgan fingerprint density at radius 3 is 2.38 bits per heavy atom. The van der Waals surface area contributed by atoms with E-state index in [1.807, 2.05) is 37.3 Å². The summed E-state index contributed by atoms with van der Waals surface area (Å²) in [6.07, 6.45) is 0. The first kappa shape index (κ1) is 19.6. The average molecular weight is 351 g/mol. The number of carbonyl (C=O) groups excluding carboxylic acids is 1. The monoisotopic (exact) mass is 350 g/mol. The van der Waals surface area contributed by atoms with Crippen LogP contribution in [0.25, 0.3) is 0 Å². The fraction of sp³-hybridized carbons (Fsp3) is 0.278. The molecular formula is C18H23ClN2O3. The third kappa shape index (κ3) is 5.06. The summed E-state index contributed by atoms with van der Waals surface area (Å²) in [6, 6.07) is 12.7. The summed E-state index contributed by atoms with van der Waals surface area (Å²) in [4.78, 5) is 14.1. The van der Waals surface area contributed by atoms with E-state index in [0.717, 1.165) is 17.1 Å². The van der Waals surface area contributed by atoms with Crippen molar-refractivity contribution in [2.24, 2.45) is 0 Å². The van der Waals surface area contributed by atoms with Crippen molar-refractivity contribution in [1.82, 2.24) is 4.90 Å². The van der Waals surface area contributed by atoms with Gasteiger partial charge in [0.2, 0.25) is 0 Å². The Kier molecular flexibility index (Phi) is 7.39. The quantitative estimate of drug-likeness (QED) is 0.813. The van der Waals surface area contributed by atoms with Crippen molar-refractivity contribution < 1.29 is 14.3 Å². The molecule has 0 heterocycles. The molecule has 5 nitrogen and oxygen atoms in total. The molecule has 0 aliphatic carbocycles. The maximum atomic E-state index is 12.4. The smallest absolute Gasteiger partial charge is 0.254 e. The zero-order chi connectivity index (χ0) is 16.8. The van der Waals surface area contributed by atoms with Gasteiger partial charge in [-0.1, -0.05) is 6.07 Å². The van der Waals surface area contributed by atoms with Crippen LogP contribution >= 0.6 is 12.4 Å². The van der Waals surface area contributed by atoms with Gasteiger partial charge in [0.15, 0.2) is 0 Å². The molecule has 24 heavy (non-hydrogen) atoms. The number of hydrogen-bond donors (Lipinski definition) is 1.